The van der Waals surface area contributed by atoms with E-state index in [0.717, 1.165) is 48.5 Å². The number of methoxy groups -OCH3 is 1. The molecular weight excluding hydrogens is 420 g/mol. The van der Waals surface area contributed by atoms with Crippen LogP contribution in [0.3, 0.4) is 0 Å². The second-order valence-electron chi connectivity index (χ2n) is 8.71. The quantitative estimate of drug-likeness (QED) is 0.660. The molecule has 2 aromatic rings. The molecule has 8 nitrogen and oxygen atoms in total. The summed E-state index contributed by atoms with van der Waals surface area (Å²) >= 11 is 0. The molecule has 33 heavy (non-hydrogen) atoms. The van der Waals surface area contributed by atoms with Gasteiger partial charge in [0.15, 0.2) is 0 Å². The zero-order valence-electron chi connectivity index (χ0n) is 19.0. The highest BCUT2D eigenvalue weighted by Crippen LogP contribution is 2.31. The number of hydrogen-bond acceptors (Lipinski definition) is 5. The van der Waals surface area contributed by atoms with E-state index in [1.54, 1.807) is 38.3 Å². The third-order valence-corrected chi connectivity index (χ3v) is 6.49. The van der Waals surface area contributed by atoms with Crippen LogP contribution in [0.25, 0.3) is 0 Å². The molecule has 8 heteroatoms. The van der Waals surface area contributed by atoms with E-state index in [0.29, 0.717) is 5.56 Å². The lowest BCUT2D eigenvalue weighted by atomic mass is 9.92. The van der Waals surface area contributed by atoms with E-state index in [-0.39, 0.29) is 12.6 Å². The number of likely N-dealkylation sites (tertiary alicyclic amines) is 1. The highest BCUT2D eigenvalue weighted by molar-refractivity contribution is 6.08. The normalized spacial score (nSPS) is 23.7. The molecule has 0 aliphatic carbocycles. The third kappa shape index (κ3) is 4.71. The van der Waals surface area contributed by atoms with Gasteiger partial charge in [-0.05, 0) is 49.6 Å². The lowest BCUT2D eigenvalue weighted by Gasteiger charge is -2.30. The Morgan fingerprint density at radius 2 is 1.82 bits per heavy atom. The molecule has 2 N–H and O–H groups in total. The van der Waals surface area contributed by atoms with Gasteiger partial charge in [0, 0.05) is 6.04 Å². The van der Waals surface area contributed by atoms with Crippen molar-refractivity contribution >= 4 is 17.8 Å². The van der Waals surface area contributed by atoms with Gasteiger partial charge in [-0.15, -0.1) is 0 Å². The second kappa shape index (κ2) is 9.62. The Hall–Kier alpha value is -3.39. The van der Waals surface area contributed by atoms with Crippen molar-refractivity contribution in [2.45, 2.75) is 44.2 Å². The average Bonchev–Trinajstić information content (AvgIpc) is 2.98. The fourth-order valence-electron chi connectivity index (χ4n) is 4.61. The van der Waals surface area contributed by atoms with E-state index in [9.17, 15) is 14.4 Å². The topological polar surface area (TPSA) is 91.0 Å². The SMILES string of the molecule is COc1ccc([C@H]2CCCCCN2CC(=O)NN2C(=O)N[C@@](C)(c3ccccc3)C2=O)cc1. The molecule has 2 heterocycles. The van der Waals surface area contributed by atoms with Gasteiger partial charge >= 0.3 is 6.03 Å². The molecule has 2 fully saturated rings. The summed E-state index contributed by atoms with van der Waals surface area (Å²) in [7, 11) is 1.63. The molecule has 0 bridgehead atoms. The maximum absolute atomic E-state index is 13.1. The first-order valence-electron chi connectivity index (χ1n) is 11.3. The van der Waals surface area contributed by atoms with Gasteiger partial charge in [-0.2, -0.15) is 5.01 Å². The number of amides is 4. The number of nitrogens with zero attached hydrogens (tertiary/aromatic N) is 2. The van der Waals surface area contributed by atoms with Crippen LogP contribution in [-0.4, -0.2) is 48.0 Å². The highest BCUT2D eigenvalue weighted by atomic mass is 16.5. The Kier molecular flexibility index (Phi) is 6.65. The molecule has 2 aliphatic heterocycles. The van der Waals surface area contributed by atoms with Crippen molar-refractivity contribution in [3.63, 3.8) is 0 Å². The summed E-state index contributed by atoms with van der Waals surface area (Å²) < 4.78 is 5.26. The average molecular weight is 451 g/mol. The molecule has 2 atom stereocenters. The number of nitrogens with one attached hydrogen (secondary N) is 2. The van der Waals surface area contributed by atoms with Gasteiger partial charge in [-0.3, -0.25) is 19.9 Å². The largest absolute Gasteiger partial charge is 0.497 e. The second-order valence-corrected chi connectivity index (χ2v) is 8.71. The van der Waals surface area contributed by atoms with E-state index in [2.05, 4.69) is 15.6 Å². The molecule has 0 aromatic heterocycles. The standard InChI is InChI=1S/C25H30N4O4/c1-25(19-9-5-3-6-10-19)23(31)29(24(32)26-25)27-22(30)17-28-16-8-4-7-11-21(28)18-12-14-20(33-2)15-13-18/h3,5-6,9-10,12-15,21H,4,7-8,11,16-17H2,1-2H3,(H,26,32)(H,27,30)/t21-,25+/m1/s1. The number of hydrogen-bond donors (Lipinski definition) is 2. The number of carbonyl (C=O) groups excluding carboxylic acids is 3. The van der Waals surface area contributed by atoms with Gasteiger partial charge in [0.25, 0.3) is 11.8 Å². The minimum atomic E-state index is -1.22. The smallest absolute Gasteiger partial charge is 0.344 e. The molecule has 174 valence electrons. The molecule has 2 aromatic carbocycles. The predicted octanol–water partition coefficient (Wildman–Crippen LogP) is 3.11. The molecule has 0 saturated carbocycles. The molecule has 4 amide bonds. The summed E-state index contributed by atoms with van der Waals surface area (Å²) in [6.07, 6.45) is 4.12. The molecule has 2 aliphatic rings. The Labute approximate surface area is 193 Å². The van der Waals surface area contributed by atoms with E-state index in [1.807, 2.05) is 30.3 Å². The van der Waals surface area contributed by atoms with Crippen LogP contribution in [0.15, 0.2) is 54.6 Å². The number of hydrazine groups is 1. The van der Waals surface area contributed by atoms with Crippen molar-refractivity contribution in [2.75, 3.05) is 20.2 Å². The lowest BCUT2D eigenvalue weighted by molar-refractivity contribution is -0.139. The Morgan fingerprint density at radius 1 is 1.09 bits per heavy atom. The highest BCUT2D eigenvalue weighted by Gasteiger charge is 2.50. The number of rotatable bonds is 6. The monoisotopic (exact) mass is 450 g/mol. The van der Waals surface area contributed by atoms with E-state index < -0.39 is 23.4 Å². The van der Waals surface area contributed by atoms with Crippen LogP contribution >= 0.6 is 0 Å². The number of ether oxygens (including phenoxy) is 1. The summed E-state index contributed by atoms with van der Waals surface area (Å²) in [5.41, 5.74) is 3.09. The molecule has 0 spiro atoms. The van der Waals surface area contributed by atoms with Crippen LogP contribution in [-0.2, 0) is 15.1 Å². The third-order valence-electron chi connectivity index (χ3n) is 6.49. The molecule has 4 rings (SSSR count). The van der Waals surface area contributed by atoms with Gasteiger partial charge in [0.1, 0.15) is 11.3 Å². The summed E-state index contributed by atoms with van der Waals surface area (Å²) in [5.74, 6) is -0.109. The number of benzene rings is 2. The van der Waals surface area contributed by atoms with Gasteiger partial charge in [0.2, 0.25) is 0 Å². The number of imide groups is 1. The summed E-state index contributed by atoms with van der Waals surface area (Å²) in [6.45, 7) is 2.50. The van der Waals surface area contributed by atoms with E-state index >= 15 is 0 Å². The fourth-order valence-corrected chi connectivity index (χ4v) is 4.61. The number of carbonyl (C=O) groups is 3. The number of urea groups is 1. The van der Waals surface area contributed by atoms with Crippen LogP contribution in [0.5, 0.6) is 5.75 Å². The molecule has 0 radical (unpaired) electrons. The van der Waals surface area contributed by atoms with Crippen molar-refractivity contribution in [2.24, 2.45) is 0 Å². The van der Waals surface area contributed by atoms with Crippen molar-refractivity contribution in [1.82, 2.24) is 20.7 Å². The van der Waals surface area contributed by atoms with Gasteiger partial charge < -0.3 is 10.1 Å². The Morgan fingerprint density at radius 3 is 2.52 bits per heavy atom. The summed E-state index contributed by atoms with van der Waals surface area (Å²) in [4.78, 5) is 40.7. The molecular formula is C25H30N4O4. The van der Waals surface area contributed by atoms with Crippen molar-refractivity contribution < 1.29 is 19.1 Å². The minimum Gasteiger partial charge on any atom is -0.497 e. The maximum Gasteiger partial charge on any atom is 0.344 e. The maximum atomic E-state index is 13.1. The molecule has 2 saturated heterocycles. The Balaban J connectivity index is 1.46. The summed E-state index contributed by atoms with van der Waals surface area (Å²) in [5, 5.41) is 3.51. The fraction of sp³-hybridized carbons (Fsp3) is 0.400. The van der Waals surface area contributed by atoms with Crippen LogP contribution in [0.4, 0.5) is 4.79 Å². The first-order valence-corrected chi connectivity index (χ1v) is 11.3. The minimum absolute atomic E-state index is 0.0850. The zero-order valence-corrected chi connectivity index (χ0v) is 19.0. The van der Waals surface area contributed by atoms with Crippen LogP contribution in [0.1, 0.15) is 49.8 Å². The van der Waals surface area contributed by atoms with Crippen molar-refractivity contribution in [3.8, 4) is 5.75 Å². The Bertz CT molecular complexity index is 1010. The predicted molar refractivity (Wildman–Crippen MR) is 123 cm³/mol. The van der Waals surface area contributed by atoms with E-state index in [1.165, 1.54) is 0 Å². The lowest BCUT2D eigenvalue weighted by Crippen LogP contribution is -2.51. The first kappa shape index (κ1) is 22.8. The molecule has 0 unspecified atom stereocenters. The van der Waals surface area contributed by atoms with Gasteiger partial charge in [0.05, 0.1) is 13.7 Å². The summed E-state index contributed by atoms with van der Waals surface area (Å²) in [6, 6.07) is 16.4. The van der Waals surface area contributed by atoms with Crippen LogP contribution in [0, 0.1) is 0 Å². The first-order chi connectivity index (χ1) is 15.9. The van der Waals surface area contributed by atoms with Crippen molar-refractivity contribution in [3.05, 3.63) is 65.7 Å². The van der Waals surface area contributed by atoms with Crippen molar-refractivity contribution in [1.29, 1.82) is 0 Å². The van der Waals surface area contributed by atoms with Gasteiger partial charge in [-0.25, -0.2) is 4.79 Å². The van der Waals surface area contributed by atoms with Crippen LogP contribution < -0.4 is 15.5 Å². The zero-order chi connectivity index (χ0) is 23.4. The van der Waals surface area contributed by atoms with Gasteiger partial charge in [-0.1, -0.05) is 55.3 Å². The van der Waals surface area contributed by atoms with E-state index in [4.69, 9.17) is 4.74 Å². The van der Waals surface area contributed by atoms with Crippen LogP contribution in [0.2, 0.25) is 0 Å².